The zero-order chi connectivity index (χ0) is 16.1. The summed E-state index contributed by atoms with van der Waals surface area (Å²) in [6.45, 7) is 0. The summed E-state index contributed by atoms with van der Waals surface area (Å²) in [5.41, 5.74) is 1.84. The number of rotatable bonds is 5. The van der Waals surface area contributed by atoms with Crippen molar-refractivity contribution in [3.05, 3.63) is 81.5 Å². The van der Waals surface area contributed by atoms with Gasteiger partial charge in [0.1, 0.15) is 5.76 Å². The molecule has 1 N–H and O–H groups in total. The van der Waals surface area contributed by atoms with Gasteiger partial charge >= 0.3 is 0 Å². The van der Waals surface area contributed by atoms with Gasteiger partial charge in [-0.15, -0.1) is 10.2 Å². The molecule has 116 valence electrons. The first-order valence-corrected chi connectivity index (χ1v) is 8.56. The topological polar surface area (TPSA) is 59.2 Å². The van der Waals surface area contributed by atoms with Gasteiger partial charge in [-0.25, -0.2) is 0 Å². The van der Waals surface area contributed by atoms with Crippen molar-refractivity contribution < 1.29 is 9.52 Å². The lowest BCUT2D eigenvalue weighted by atomic mass is 10.2. The summed E-state index contributed by atoms with van der Waals surface area (Å²) in [4.78, 5) is 0. The zero-order valence-corrected chi connectivity index (χ0v) is 14.4. The highest BCUT2D eigenvalue weighted by Gasteiger charge is 2.07. The molecule has 1 heterocycles. The second-order valence-electron chi connectivity index (χ2n) is 4.75. The fraction of sp³-hybridized carbons (Fsp3) is 0.0588. The molecule has 0 saturated carbocycles. The maximum Gasteiger partial charge on any atom is 0.281 e. The number of halogens is 1. The molecule has 3 rings (SSSR count). The lowest BCUT2D eigenvalue weighted by Crippen LogP contribution is -1.87. The van der Waals surface area contributed by atoms with E-state index in [0.29, 0.717) is 17.5 Å². The summed E-state index contributed by atoms with van der Waals surface area (Å²) in [5.74, 6) is 0.709. The first-order chi connectivity index (χ1) is 11.2. The third-order valence-electron chi connectivity index (χ3n) is 3.06. The number of nitrogens with zero attached hydrogens (tertiary/aromatic N) is 2. The maximum atomic E-state index is 10.0. The average molecular weight is 389 g/mol. The first-order valence-electron chi connectivity index (χ1n) is 6.89. The number of thioether (sulfide) groups is 1. The van der Waals surface area contributed by atoms with Gasteiger partial charge in [0, 0.05) is 15.4 Å². The Bertz CT molecular complexity index is 801. The second-order valence-corrected chi connectivity index (χ2v) is 6.49. The molecule has 4 nitrogen and oxygen atoms in total. The zero-order valence-electron chi connectivity index (χ0n) is 12.0. The number of hydrogen-bond donors (Lipinski definition) is 1. The van der Waals surface area contributed by atoms with Crippen molar-refractivity contribution in [3.8, 4) is 0 Å². The minimum Gasteiger partial charge on any atom is -0.507 e. The summed E-state index contributed by atoms with van der Waals surface area (Å²) >= 11 is 4.56. The third kappa shape index (κ3) is 4.46. The largest absolute Gasteiger partial charge is 0.507 e. The van der Waals surface area contributed by atoms with Gasteiger partial charge in [0.25, 0.3) is 5.22 Å². The Morgan fingerprint density at radius 3 is 2.57 bits per heavy atom. The molecular weight excluding hydrogens is 376 g/mol. The van der Waals surface area contributed by atoms with Crippen LogP contribution in [0.15, 0.2) is 74.1 Å². The molecular formula is C17H13BrN2O2S. The Kier molecular flexibility index (Phi) is 5.15. The van der Waals surface area contributed by atoms with Gasteiger partial charge < -0.3 is 9.52 Å². The molecule has 0 atom stereocenters. The minimum atomic E-state index is 0.158. The van der Waals surface area contributed by atoms with E-state index in [4.69, 9.17) is 4.42 Å². The monoisotopic (exact) mass is 388 g/mol. The number of aromatic nitrogens is 2. The molecule has 0 aliphatic carbocycles. The van der Waals surface area contributed by atoms with E-state index < -0.39 is 0 Å². The Morgan fingerprint density at radius 2 is 1.83 bits per heavy atom. The molecule has 0 fully saturated rings. The molecule has 0 amide bonds. The Balaban J connectivity index is 1.64. The van der Waals surface area contributed by atoms with Crippen molar-refractivity contribution in [3.63, 3.8) is 0 Å². The lowest BCUT2D eigenvalue weighted by molar-refractivity contribution is 0.421. The SMILES string of the molecule is O/C(=C/Sc1nnc(Cc2ccccc2)o1)c1ccc(Br)cc1. The lowest BCUT2D eigenvalue weighted by Gasteiger charge is -1.99. The molecule has 0 aliphatic rings. The fourth-order valence-corrected chi connectivity index (χ4v) is 2.77. The smallest absolute Gasteiger partial charge is 0.281 e. The predicted octanol–water partition coefficient (Wildman–Crippen LogP) is 5.07. The molecule has 2 aromatic carbocycles. The van der Waals surface area contributed by atoms with Crippen molar-refractivity contribution in [2.24, 2.45) is 0 Å². The molecule has 23 heavy (non-hydrogen) atoms. The quantitative estimate of drug-likeness (QED) is 0.488. The van der Waals surface area contributed by atoms with E-state index in [1.807, 2.05) is 54.6 Å². The Hall–Kier alpha value is -2.05. The van der Waals surface area contributed by atoms with Gasteiger partial charge in [0.15, 0.2) is 0 Å². The summed E-state index contributed by atoms with van der Waals surface area (Å²) in [6.07, 6.45) is 0.594. The van der Waals surface area contributed by atoms with Crippen LogP contribution in [0, 0.1) is 0 Å². The molecule has 0 radical (unpaired) electrons. The van der Waals surface area contributed by atoms with Crippen LogP contribution in [0.2, 0.25) is 0 Å². The van der Waals surface area contributed by atoms with Crippen LogP contribution in [0.5, 0.6) is 0 Å². The molecule has 1 aromatic heterocycles. The van der Waals surface area contributed by atoms with Gasteiger partial charge in [0.2, 0.25) is 5.89 Å². The maximum absolute atomic E-state index is 10.0. The number of aliphatic hydroxyl groups is 1. The molecule has 6 heteroatoms. The highest BCUT2D eigenvalue weighted by atomic mass is 79.9. The van der Waals surface area contributed by atoms with Crippen LogP contribution in [-0.4, -0.2) is 15.3 Å². The van der Waals surface area contributed by atoms with Gasteiger partial charge in [-0.3, -0.25) is 0 Å². The van der Waals surface area contributed by atoms with E-state index in [2.05, 4.69) is 26.1 Å². The highest BCUT2D eigenvalue weighted by Crippen LogP contribution is 2.24. The first kappa shape index (κ1) is 15.8. The van der Waals surface area contributed by atoms with Crippen molar-refractivity contribution in [1.29, 1.82) is 0 Å². The standard InChI is InChI=1S/C17H13BrN2O2S/c18-14-8-6-13(7-9-14)15(21)11-23-17-20-19-16(22-17)10-12-4-2-1-3-5-12/h1-9,11,21H,10H2/b15-11+. The second kappa shape index (κ2) is 7.48. The van der Waals surface area contributed by atoms with E-state index in [1.165, 1.54) is 11.8 Å². The van der Waals surface area contributed by atoms with Crippen LogP contribution < -0.4 is 0 Å². The van der Waals surface area contributed by atoms with E-state index in [9.17, 15) is 5.11 Å². The molecule has 0 saturated heterocycles. The predicted molar refractivity (Wildman–Crippen MR) is 94.2 cm³/mol. The summed E-state index contributed by atoms with van der Waals surface area (Å²) < 4.78 is 6.53. The summed E-state index contributed by atoms with van der Waals surface area (Å²) in [5, 5.41) is 20.0. The van der Waals surface area contributed by atoms with Crippen LogP contribution in [-0.2, 0) is 6.42 Å². The van der Waals surface area contributed by atoms with Gasteiger partial charge in [-0.2, -0.15) is 0 Å². The van der Waals surface area contributed by atoms with Crippen LogP contribution >= 0.6 is 27.7 Å². The van der Waals surface area contributed by atoms with Crippen LogP contribution in [0.25, 0.3) is 5.76 Å². The summed E-state index contributed by atoms with van der Waals surface area (Å²) in [7, 11) is 0. The van der Waals surface area contributed by atoms with Crippen molar-refractivity contribution in [2.75, 3.05) is 0 Å². The minimum absolute atomic E-state index is 0.158. The number of benzene rings is 2. The van der Waals surface area contributed by atoms with E-state index in [1.54, 1.807) is 5.41 Å². The molecule has 0 spiro atoms. The van der Waals surface area contributed by atoms with Crippen molar-refractivity contribution in [1.82, 2.24) is 10.2 Å². The van der Waals surface area contributed by atoms with Gasteiger partial charge in [0.05, 0.1) is 6.42 Å². The Labute approximate surface area is 146 Å². The van der Waals surface area contributed by atoms with Gasteiger partial charge in [-0.05, 0) is 29.5 Å². The number of aliphatic hydroxyl groups excluding tert-OH is 1. The third-order valence-corrected chi connectivity index (χ3v) is 4.29. The van der Waals surface area contributed by atoms with Crippen LogP contribution in [0.1, 0.15) is 17.0 Å². The molecule has 0 unspecified atom stereocenters. The van der Waals surface area contributed by atoms with E-state index in [0.717, 1.165) is 15.6 Å². The van der Waals surface area contributed by atoms with Crippen molar-refractivity contribution >= 4 is 33.5 Å². The van der Waals surface area contributed by atoms with Crippen LogP contribution in [0.3, 0.4) is 0 Å². The fourth-order valence-electron chi connectivity index (χ4n) is 1.92. The normalized spacial score (nSPS) is 11.6. The summed E-state index contributed by atoms with van der Waals surface area (Å²) in [6, 6.07) is 17.3. The van der Waals surface area contributed by atoms with E-state index >= 15 is 0 Å². The Morgan fingerprint density at radius 1 is 1.09 bits per heavy atom. The number of hydrogen-bond acceptors (Lipinski definition) is 5. The molecule has 0 bridgehead atoms. The van der Waals surface area contributed by atoms with Crippen LogP contribution in [0.4, 0.5) is 0 Å². The average Bonchev–Trinajstić information content (AvgIpc) is 3.02. The van der Waals surface area contributed by atoms with Gasteiger partial charge in [-0.1, -0.05) is 58.4 Å². The highest BCUT2D eigenvalue weighted by molar-refractivity contribution is 9.10. The van der Waals surface area contributed by atoms with Crippen molar-refractivity contribution in [2.45, 2.75) is 11.6 Å². The molecule has 3 aromatic rings. The van der Waals surface area contributed by atoms with E-state index in [-0.39, 0.29) is 5.76 Å². The molecule has 0 aliphatic heterocycles.